The first-order valence-electron chi connectivity index (χ1n) is 5.07. The third-order valence-corrected chi connectivity index (χ3v) is 2.32. The van der Waals surface area contributed by atoms with E-state index in [1.807, 2.05) is 18.2 Å². The second-order valence-electron chi connectivity index (χ2n) is 3.39. The van der Waals surface area contributed by atoms with Crippen molar-refractivity contribution in [2.75, 3.05) is 20.8 Å². The van der Waals surface area contributed by atoms with Crippen LogP contribution in [0.2, 0.25) is 0 Å². The molecular weight excluding hydrogens is 192 g/mol. The van der Waals surface area contributed by atoms with Crippen molar-refractivity contribution in [3.8, 4) is 5.75 Å². The molecule has 1 aromatic rings. The van der Waals surface area contributed by atoms with Gasteiger partial charge in [0.1, 0.15) is 5.75 Å². The monoisotopic (exact) mass is 210 g/mol. The van der Waals surface area contributed by atoms with Crippen LogP contribution in [0.25, 0.3) is 0 Å². The topological polar surface area (TPSA) is 38.7 Å². The molecule has 0 bridgehead atoms. The third kappa shape index (κ3) is 3.53. The molecule has 0 amide bonds. The number of benzene rings is 1. The van der Waals surface area contributed by atoms with Crippen LogP contribution in [-0.4, -0.2) is 25.9 Å². The van der Waals surface area contributed by atoms with E-state index in [1.165, 1.54) is 5.56 Å². The molecule has 84 valence electrons. The van der Waals surface area contributed by atoms with Crippen LogP contribution in [0, 0.1) is 0 Å². The first kappa shape index (κ1) is 12.0. The Bertz CT molecular complexity index is 297. The van der Waals surface area contributed by atoms with E-state index in [-0.39, 0.29) is 6.61 Å². The Hall–Kier alpha value is -1.06. The first-order valence-corrected chi connectivity index (χ1v) is 5.07. The molecule has 0 aliphatic heterocycles. The molecule has 1 aromatic carbocycles. The molecule has 3 heteroatoms. The van der Waals surface area contributed by atoms with Gasteiger partial charge in [0.05, 0.1) is 13.7 Å². The summed E-state index contributed by atoms with van der Waals surface area (Å²) in [5, 5.41) is 8.81. The minimum Gasteiger partial charge on any atom is -0.497 e. The van der Waals surface area contributed by atoms with E-state index in [2.05, 4.69) is 0 Å². The molecule has 0 radical (unpaired) electrons. The maximum Gasteiger partial charge on any atom is 0.119 e. The van der Waals surface area contributed by atoms with Crippen molar-refractivity contribution in [3.63, 3.8) is 0 Å². The van der Waals surface area contributed by atoms with Gasteiger partial charge in [0.2, 0.25) is 0 Å². The minimum absolute atomic E-state index is 0.212. The lowest BCUT2D eigenvalue weighted by molar-refractivity contribution is 0.184. The summed E-state index contributed by atoms with van der Waals surface area (Å²) >= 11 is 0. The number of methoxy groups -OCH3 is 2. The zero-order valence-corrected chi connectivity index (χ0v) is 9.32. The molecule has 0 heterocycles. The van der Waals surface area contributed by atoms with E-state index < -0.39 is 0 Å². The van der Waals surface area contributed by atoms with Crippen molar-refractivity contribution >= 4 is 0 Å². The lowest BCUT2D eigenvalue weighted by Crippen LogP contribution is -1.98. The number of hydrogen-bond donors (Lipinski definition) is 1. The first-order chi connectivity index (χ1) is 7.31. The lowest BCUT2D eigenvalue weighted by atomic mass is 10.0. The zero-order chi connectivity index (χ0) is 11.1. The number of aliphatic hydroxyl groups excluding tert-OH is 1. The van der Waals surface area contributed by atoms with Crippen molar-refractivity contribution in [1.82, 2.24) is 0 Å². The summed E-state index contributed by atoms with van der Waals surface area (Å²) in [7, 11) is 3.33. The minimum atomic E-state index is 0.212. The van der Waals surface area contributed by atoms with Crippen LogP contribution < -0.4 is 4.74 Å². The Labute approximate surface area is 90.6 Å². The molecule has 0 aromatic heterocycles. The molecular formula is C12H18O3. The van der Waals surface area contributed by atoms with E-state index >= 15 is 0 Å². The van der Waals surface area contributed by atoms with Crippen LogP contribution in [0.3, 0.4) is 0 Å². The zero-order valence-electron chi connectivity index (χ0n) is 9.32. The van der Waals surface area contributed by atoms with E-state index in [4.69, 9.17) is 14.6 Å². The summed E-state index contributed by atoms with van der Waals surface area (Å²) in [6.07, 6.45) is 1.62. The summed E-state index contributed by atoms with van der Waals surface area (Å²) in [5.41, 5.74) is 2.34. The molecule has 0 unspecified atom stereocenters. The smallest absolute Gasteiger partial charge is 0.119 e. The summed E-state index contributed by atoms with van der Waals surface area (Å²) in [6.45, 7) is 0.814. The highest BCUT2D eigenvalue weighted by Gasteiger charge is 2.04. The third-order valence-electron chi connectivity index (χ3n) is 2.32. The van der Waals surface area contributed by atoms with Gasteiger partial charge in [0.25, 0.3) is 0 Å². The van der Waals surface area contributed by atoms with Gasteiger partial charge in [0, 0.05) is 13.7 Å². The van der Waals surface area contributed by atoms with Crippen LogP contribution in [0.4, 0.5) is 0 Å². The summed E-state index contributed by atoms with van der Waals surface area (Å²) < 4.78 is 10.3. The maximum atomic E-state index is 8.81. The highest BCUT2D eigenvalue weighted by Crippen LogP contribution is 2.19. The van der Waals surface area contributed by atoms with Crippen LogP contribution in [-0.2, 0) is 17.8 Å². The standard InChI is InChI=1S/C12H18O3/c1-14-9-11-5-6-12(15-2)8-10(11)4-3-7-13/h5-6,8,13H,3-4,7,9H2,1-2H3. The SMILES string of the molecule is COCc1ccc(OC)cc1CCCO. The van der Waals surface area contributed by atoms with Crippen LogP contribution in [0.5, 0.6) is 5.75 Å². The van der Waals surface area contributed by atoms with Gasteiger partial charge < -0.3 is 14.6 Å². The Morgan fingerprint density at radius 1 is 1.20 bits per heavy atom. The molecule has 1 rings (SSSR count). The fraction of sp³-hybridized carbons (Fsp3) is 0.500. The van der Waals surface area contributed by atoms with Crippen molar-refractivity contribution in [2.45, 2.75) is 19.4 Å². The number of hydrogen-bond acceptors (Lipinski definition) is 3. The highest BCUT2D eigenvalue weighted by molar-refractivity contribution is 5.35. The molecule has 0 saturated heterocycles. The van der Waals surface area contributed by atoms with Crippen LogP contribution >= 0.6 is 0 Å². The number of aliphatic hydroxyl groups is 1. The molecule has 0 fully saturated rings. The average molecular weight is 210 g/mol. The number of rotatable bonds is 6. The molecule has 3 nitrogen and oxygen atoms in total. The Kier molecular flexibility index (Phi) is 5.15. The van der Waals surface area contributed by atoms with Crippen molar-refractivity contribution in [2.24, 2.45) is 0 Å². The molecule has 0 aliphatic carbocycles. The summed E-state index contributed by atoms with van der Waals surface area (Å²) in [4.78, 5) is 0. The lowest BCUT2D eigenvalue weighted by Gasteiger charge is -2.10. The van der Waals surface area contributed by atoms with Gasteiger partial charge in [-0.25, -0.2) is 0 Å². The second-order valence-corrected chi connectivity index (χ2v) is 3.39. The number of ether oxygens (including phenoxy) is 2. The average Bonchev–Trinajstić information content (AvgIpc) is 2.28. The molecule has 0 saturated carbocycles. The van der Waals surface area contributed by atoms with Gasteiger partial charge in [-0.15, -0.1) is 0 Å². The fourth-order valence-electron chi connectivity index (χ4n) is 1.53. The van der Waals surface area contributed by atoms with Crippen LogP contribution in [0.1, 0.15) is 17.5 Å². The summed E-state index contributed by atoms with van der Waals surface area (Å²) in [5.74, 6) is 0.850. The molecule has 0 aliphatic rings. The van der Waals surface area contributed by atoms with Gasteiger partial charge in [-0.1, -0.05) is 6.07 Å². The van der Waals surface area contributed by atoms with Crippen molar-refractivity contribution in [1.29, 1.82) is 0 Å². The fourth-order valence-corrected chi connectivity index (χ4v) is 1.53. The second kappa shape index (κ2) is 6.43. The maximum absolute atomic E-state index is 8.81. The van der Waals surface area contributed by atoms with Gasteiger partial charge in [0.15, 0.2) is 0 Å². The highest BCUT2D eigenvalue weighted by atomic mass is 16.5. The Morgan fingerprint density at radius 3 is 2.60 bits per heavy atom. The summed E-state index contributed by atoms with van der Waals surface area (Å²) in [6, 6.07) is 5.94. The Morgan fingerprint density at radius 2 is 2.00 bits per heavy atom. The molecule has 1 N–H and O–H groups in total. The predicted octanol–water partition coefficient (Wildman–Crippen LogP) is 1.77. The molecule has 0 spiro atoms. The largest absolute Gasteiger partial charge is 0.497 e. The molecule has 15 heavy (non-hydrogen) atoms. The van der Waals surface area contributed by atoms with Crippen molar-refractivity contribution in [3.05, 3.63) is 29.3 Å². The van der Waals surface area contributed by atoms with Gasteiger partial charge in [-0.3, -0.25) is 0 Å². The van der Waals surface area contributed by atoms with Gasteiger partial charge >= 0.3 is 0 Å². The van der Waals surface area contributed by atoms with Crippen molar-refractivity contribution < 1.29 is 14.6 Å². The Balaban J connectivity index is 2.83. The normalized spacial score (nSPS) is 10.3. The van der Waals surface area contributed by atoms with Crippen LogP contribution in [0.15, 0.2) is 18.2 Å². The van der Waals surface area contributed by atoms with E-state index in [1.54, 1.807) is 14.2 Å². The van der Waals surface area contributed by atoms with E-state index in [0.717, 1.165) is 24.2 Å². The predicted molar refractivity (Wildman–Crippen MR) is 59.1 cm³/mol. The van der Waals surface area contributed by atoms with E-state index in [0.29, 0.717) is 6.61 Å². The number of aryl methyl sites for hydroxylation is 1. The van der Waals surface area contributed by atoms with E-state index in [9.17, 15) is 0 Å². The van der Waals surface area contributed by atoms with Gasteiger partial charge in [-0.05, 0) is 36.1 Å². The quantitative estimate of drug-likeness (QED) is 0.777. The molecule has 0 atom stereocenters. The van der Waals surface area contributed by atoms with Gasteiger partial charge in [-0.2, -0.15) is 0 Å².